The molecule has 0 saturated carbocycles. The molecule has 2 rings (SSSR count). The van der Waals surface area contributed by atoms with E-state index in [1.165, 1.54) is 13.2 Å². The molecule has 0 unspecified atom stereocenters. The lowest BCUT2D eigenvalue weighted by Gasteiger charge is -2.09. The van der Waals surface area contributed by atoms with Gasteiger partial charge in [0.15, 0.2) is 6.61 Å². The van der Waals surface area contributed by atoms with Crippen LogP contribution in [-0.4, -0.2) is 39.8 Å². The molecule has 2 aromatic rings. The van der Waals surface area contributed by atoms with Gasteiger partial charge in [0.1, 0.15) is 17.2 Å². The Balaban J connectivity index is 1.83. The maximum Gasteiger partial charge on any atom is 0.331 e. The van der Waals surface area contributed by atoms with Crippen LogP contribution < -0.4 is 19.5 Å². The van der Waals surface area contributed by atoms with E-state index in [9.17, 15) is 9.59 Å². The fourth-order valence-corrected chi connectivity index (χ4v) is 2.39. The number of para-hydroxylation sites is 1. The fourth-order valence-electron chi connectivity index (χ4n) is 2.39. The van der Waals surface area contributed by atoms with Crippen LogP contribution in [0.3, 0.4) is 0 Å². The molecule has 0 aliphatic rings. The van der Waals surface area contributed by atoms with Gasteiger partial charge in [-0.15, -0.1) is 0 Å². The second-order valence-corrected chi connectivity index (χ2v) is 5.64. The molecule has 0 aliphatic heterocycles. The fraction of sp³-hybridized carbons (Fsp3) is 0.238. The minimum Gasteiger partial charge on any atom is -0.497 e. The van der Waals surface area contributed by atoms with Crippen LogP contribution in [0, 0.1) is 0 Å². The van der Waals surface area contributed by atoms with Crippen LogP contribution in [-0.2, 0) is 20.9 Å². The Hall–Kier alpha value is -3.48. The number of esters is 1. The summed E-state index contributed by atoms with van der Waals surface area (Å²) in [4.78, 5) is 23.7. The summed E-state index contributed by atoms with van der Waals surface area (Å²) in [5.41, 5.74) is 1.51. The van der Waals surface area contributed by atoms with Crippen molar-refractivity contribution in [1.29, 1.82) is 0 Å². The molecule has 148 valence electrons. The van der Waals surface area contributed by atoms with E-state index in [1.54, 1.807) is 44.6 Å². The third-order valence-corrected chi connectivity index (χ3v) is 3.85. The van der Waals surface area contributed by atoms with Crippen LogP contribution in [0.5, 0.6) is 17.2 Å². The summed E-state index contributed by atoms with van der Waals surface area (Å²) in [7, 11) is 4.64. The quantitative estimate of drug-likeness (QED) is 0.528. The Morgan fingerprint density at radius 2 is 1.71 bits per heavy atom. The Kier molecular flexibility index (Phi) is 7.90. The first-order chi connectivity index (χ1) is 13.6. The summed E-state index contributed by atoms with van der Waals surface area (Å²) in [5.74, 6) is 0.831. The number of benzene rings is 2. The van der Waals surface area contributed by atoms with Crippen LogP contribution in [0.25, 0.3) is 6.08 Å². The van der Waals surface area contributed by atoms with Gasteiger partial charge in [0.2, 0.25) is 0 Å². The molecule has 0 heterocycles. The molecule has 0 bridgehead atoms. The van der Waals surface area contributed by atoms with Crippen molar-refractivity contribution >= 4 is 18.0 Å². The van der Waals surface area contributed by atoms with Gasteiger partial charge in [0.05, 0.1) is 21.3 Å². The summed E-state index contributed by atoms with van der Waals surface area (Å²) in [6, 6.07) is 12.5. The monoisotopic (exact) mass is 385 g/mol. The van der Waals surface area contributed by atoms with Crippen LogP contribution >= 0.6 is 0 Å². The molecule has 2 aromatic carbocycles. The van der Waals surface area contributed by atoms with Crippen molar-refractivity contribution in [3.05, 3.63) is 59.7 Å². The molecule has 1 amide bonds. The van der Waals surface area contributed by atoms with Crippen molar-refractivity contribution in [2.24, 2.45) is 0 Å². The van der Waals surface area contributed by atoms with E-state index in [0.717, 1.165) is 5.56 Å². The number of methoxy groups -OCH3 is 3. The first kappa shape index (κ1) is 20.8. The summed E-state index contributed by atoms with van der Waals surface area (Å²) in [5, 5.41) is 2.68. The zero-order chi connectivity index (χ0) is 20.4. The first-order valence-electron chi connectivity index (χ1n) is 8.52. The number of ether oxygens (including phenoxy) is 4. The number of hydrogen-bond acceptors (Lipinski definition) is 6. The highest BCUT2D eigenvalue weighted by Gasteiger charge is 2.08. The van der Waals surface area contributed by atoms with Gasteiger partial charge in [-0.05, 0) is 24.3 Å². The van der Waals surface area contributed by atoms with Crippen molar-refractivity contribution in [2.45, 2.75) is 6.54 Å². The molecule has 0 aromatic heterocycles. The molecule has 28 heavy (non-hydrogen) atoms. The highest BCUT2D eigenvalue weighted by atomic mass is 16.5. The lowest BCUT2D eigenvalue weighted by Crippen LogP contribution is -2.28. The van der Waals surface area contributed by atoms with Crippen LogP contribution in [0.4, 0.5) is 0 Å². The number of carbonyl (C=O) groups is 2. The standard InChI is InChI=1S/C21H23NO6/c1-25-17-10-8-15(19(12-17)27-3)9-11-21(24)28-14-20(23)22-13-16-6-4-5-7-18(16)26-2/h4-12H,13-14H2,1-3H3,(H,22,23)/b11-9+. The number of amides is 1. The number of rotatable bonds is 9. The number of carbonyl (C=O) groups excluding carboxylic acids is 2. The van der Waals surface area contributed by atoms with Crippen molar-refractivity contribution in [1.82, 2.24) is 5.32 Å². The number of nitrogens with one attached hydrogen (secondary N) is 1. The molecular formula is C21H23NO6. The van der Waals surface area contributed by atoms with E-state index in [1.807, 2.05) is 18.2 Å². The smallest absolute Gasteiger partial charge is 0.331 e. The Labute approximate surface area is 163 Å². The predicted octanol–water partition coefficient (Wildman–Crippen LogP) is 2.59. The minimum atomic E-state index is -0.634. The number of hydrogen-bond donors (Lipinski definition) is 1. The molecule has 0 atom stereocenters. The second-order valence-electron chi connectivity index (χ2n) is 5.64. The molecule has 0 saturated heterocycles. The Morgan fingerprint density at radius 1 is 0.964 bits per heavy atom. The average molecular weight is 385 g/mol. The lowest BCUT2D eigenvalue weighted by molar-refractivity contribution is -0.143. The molecule has 7 nitrogen and oxygen atoms in total. The highest BCUT2D eigenvalue weighted by molar-refractivity contribution is 5.89. The van der Waals surface area contributed by atoms with Gasteiger partial charge in [-0.25, -0.2) is 4.79 Å². The second kappa shape index (κ2) is 10.6. The molecule has 0 aliphatic carbocycles. The predicted molar refractivity (Wildman–Crippen MR) is 104 cm³/mol. The van der Waals surface area contributed by atoms with Crippen molar-refractivity contribution in [3.8, 4) is 17.2 Å². The third kappa shape index (κ3) is 6.05. The van der Waals surface area contributed by atoms with Gasteiger partial charge in [-0.1, -0.05) is 18.2 Å². The van der Waals surface area contributed by atoms with E-state index in [4.69, 9.17) is 18.9 Å². The molecule has 0 fully saturated rings. The van der Waals surface area contributed by atoms with Crippen LogP contribution in [0.1, 0.15) is 11.1 Å². The van der Waals surface area contributed by atoms with E-state index < -0.39 is 11.9 Å². The summed E-state index contributed by atoms with van der Waals surface area (Å²) < 4.78 is 20.6. The van der Waals surface area contributed by atoms with Gasteiger partial charge in [0.25, 0.3) is 5.91 Å². The molecular weight excluding hydrogens is 362 g/mol. The van der Waals surface area contributed by atoms with E-state index in [-0.39, 0.29) is 13.2 Å². The lowest BCUT2D eigenvalue weighted by atomic mass is 10.2. The SMILES string of the molecule is COc1ccc(/C=C/C(=O)OCC(=O)NCc2ccccc2OC)c(OC)c1. The van der Waals surface area contributed by atoms with Gasteiger partial charge in [0, 0.05) is 29.8 Å². The molecule has 0 spiro atoms. The Morgan fingerprint density at radius 3 is 2.43 bits per heavy atom. The van der Waals surface area contributed by atoms with Gasteiger partial charge in [-0.3, -0.25) is 4.79 Å². The first-order valence-corrected chi connectivity index (χ1v) is 8.52. The molecule has 7 heteroatoms. The zero-order valence-electron chi connectivity index (χ0n) is 16.1. The van der Waals surface area contributed by atoms with Crippen LogP contribution in [0.15, 0.2) is 48.5 Å². The molecule has 0 radical (unpaired) electrons. The summed E-state index contributed by atoms with van der Waals surface area (Å²) in [6.07, 6.45) is 2.78. The average Bonchev–Trinajstić information content (AvgIpc) is 2.74. The Bertz CT molecular complexity index is 847. The molecule has 1 N–H and O–H groups in total. The topological polar surface area (TPSA) is 83.1 Å². The highest BCUT2D eigenvalue weighted by Crippen LogP contribution is 2.25. The van der Waals surface area contributed by atoms with Gasteiger partial charge in [-0.2, -0.15) is 0 Å². The van der Waals surface area contributed by atoms with E-state index in [2.05, 4.69) is 5.32 Å². The van der Waals surface area contributed by atoms with Crippen molar-refractivity contribution in [3.63, 3.8) is 0 Å². The van der Waals surface area contributed by atoms with E-state index >= 15 is 0 Å². The van der Waals surface area contributed by atoms with Crippen molar-refractivity contribution < 1.29 is 28.5 Å². The third-order valence-electron chi connectivity index (χ3n) is 3.85. The van der Waals surface area contributed by atoms with E-state index in [0.29, 0.717) is 22.8 Å². The van der Waals surface area contributed by atoms with Gasteiger partial charge < -0.3 is 24.3 Å². The maximum atomic E-state index is 11.9. The maximum absolute atomic E-state index is 11.9. The summed E-state index contributed by atoms with van der Waals surface area (Å²) >= 11 is 0. The largest absolute Gasteiger partial charge is 0.497 e. The summed E-state index contributed by atoms with van der Waals surface area (Å²) in [6.45, 7) is -0.0998. The van der Waals surface area contributed by atoms with Crippen molar-refractivity contribution in [2.75, 3.05) is 27.9 Å². The van der Waals surface area contributed by atoms with Gasteiger partial charge >= 0.3 is 5.97 Å². The van der Waals surface area contributed by atoms with Crippen LogP contribution in [0.2, 0.25) is 0 Å². The zero-order valence-corrected chi connectivity index (χ0v) is 16.1. The minimum absolute atomic E-state index is 0.277. The normalized spacial score (nSPS) is 10.4.